The van der Waals surface area contributed by atoms with Crippen LogP contribution < -0.4 is 5.73 Å². The van der Waals surface area contributed by atoms with Crippen molar-refractivity contribution >= 4 is 10.0 Å². The number of nitrogens with two attached hydrogens (primary N) is 1. The van der Waals surface area contributed by atoms with Crippen molar-refractivity contribution in [3.63, 3.8) is 0 Å². The first kappa shape index (κ1) is 14.5. The Kier molecular flexibility index (Phi) is 3.73. The van der Waals surface area contributed by atoms with E-state index < -0.39 is 10.0 Å². The van der Waals surface area contributed by atoms with Crippen LogP contribution in [0.25, 0.3) is 0 Å². The highest BCUT2D eigenvalue weighted by Gasteiger charge is 2.36. The van der Waals surface area contributed by atoms with E-state index >= 15 is 0 Å². The lowest BCUT2D eigenvalue weighted by molar-refractivity contribution is 0.375. The molecular weight excluding hydrogens is 260 g/mol. The maximum Gasteiger partial charge on any atom is 0.243 e. The second-order valence-corrected chi connectivity index (χ2v) is 8.05. The van der Waals surface area contributed by atoms with E-state index in [9.17, 15) is 8.42 Å². The van der Waals surface area contributed by atoms with Crippen LogP contribution in [0.3, 0.4) is 0 Å². The van der Waals surface area contributed by atoms with Crippen molar-refractivity contribution in [3.8, 4) is 0 Å². The zero-order valence-corrected chi connectivity index (χ0v) is 12.6. The van der Waals surface area contributed by atoms with Crippen LogP contribution in [-0.4, -0.2) is 25.8 Å². The van der Waals surface area contributed by atoms with E-state index in [0.29, 0.717) is 18.0 Å². The average molecular weight is 282 g/mol. The van der Waals surface area contributed by atoms with Crippen molar-refractivity contribution in [2.45, 2.75) is 38.1 Å². The second-order valence-electron chi connectivity index (χ2n) is 6.11. The SMILES string of the molecule is CC(N)c1ccc(S(=O)(=O)N2CCC(C)(C)C2)cc1. The molecule has 0 spiro atoms. The van der Waals surface area contributed by atoms with Crippen molar-refractivity contribution in [3.05, 3.63) is 29.8 Å². The van der Waals surface area contributed by atoms with Crippen LogP contribution in [-0.2, 0) is 10.0 Å². The van der Waals surface area contributed by atoms with E-state index in [1.54, 1.807) is 28.6 Å². The van der Waals surface area contributed by atoms with Crippen molar-refractivity contribution in [2.24, 2.45) is 11.1 Å². The molecule has 19 heavy (non-hydrogen) atoms. The molecule has 0 saturated carbocycles. The molecule has 0 amide bonds. The normalized spacial score (nSPS) is 21.5. The van der Waals surface area contributed by atoms with Crippen LogP contribution in [0.1, 0.15) is 38.8 Å². The molecule has 1 aliphatic rings. The Morgan fingerprint density at radius 1 is 1.26 bits per heavy atom. The third kappa shape index (κ3) is 2.99. The number of nitrogens with zero attached hydrogens (tertiary/aromatic N) is 1. The number of sulfonamides is 1. The Morgan fingerprint density at radius 2 is 1.84 bits per heavy atom. The molecule has 2 N–H and O–H groups in total. The first-order chi connectivity index (χ1) is 8.72. The topological polar surface area (TPSA) is 63.4 Å². The molecule has 2 rings (SSSR count). The largest absolute Gasteiger partial charge is 0.324 e. The van der Waals surface area contributed by atoms with Crippen LogP contribution in [0.5, 0.6) is 0 Å². The van der Waals surface area contributed by atoms with Crippen LogP contribution >= 0.6 is 0 Å². The molecule has 1 aromatic rings. The summed E-state index contributed by atoms with van der Waals surface area (Å²) >= 11 is 0. The van der Waals surface area contributed by atoms with Crippen molar-refractivity contribution in [1.29, 1.82) is 0 Å². The minimum absolute atomic E-state index is 0.0682. The zero-order chi connectivity index (χ0) is 14.3. The Balaban J connectivity index is 2.25. The Labute approximate surface area is 115 Å². The van der Waals surface area contributed by atoms with Gasteiger partial charge in [-0.3, -0.25) is 0 Å². The van der Waals surface area contributed by atoms with Crippen molar-refractivity contribution < 1.29 is 8.42 Å². The fraction of sp³-hybridized carbons (Fsp3) is 0.571. The standard InChI is InChI=1S/C14H22N2O2S/c1-11(15)12-4-6-13(7-5-12)19(17,18)16-9-8-14(2,3)10-16/h4-7,11H,8-10,15H2,1-3H3. The van der Waals surface area contributed by atoms with E-state index in [4.69, 9.17) is 5.73 Å². The summed E-state index contributed by atoms with van der Waals surface area (Å²) in [5.74, 6) is 0. The van der Waals surface area contributed by atoms with Gasteiger partial charge in [0.15, 0.2) is 0 Å². The molecule has 0 bridgehead atoms. The predicted molar refractivity (Wildman–Crippen MR) is 76.2 cm³/mol. The first-order valence-electron chi connectivity index (χ1n) is 6.58. The summed E-state index contributed by atoms with van der Waals surface area (Å²) in [6.45, 7) is 7.27. The number of rotatable bonds is 3. The maximum absolute atomic E-state index is 12.5. The molecule has 4 nitrogen and oxygen atoms in total. The van der Waals surface area contributed by atoms with Crippen molar-refractivity contribution in [1.82, 2.24) is 4.31 Å². The zero-order valence-electron chi connectivity index (χ0n) is 11.8. The molecule has 1 aliphatic heterocycles. The first-order valence-corrected chi connectivity index (χ1v) is 8.02. The van der Waals surface area contributed by atoms with Gasteiger partial charge in [0, 0.05) is 19.1 Å². The quantitative estimate of drug-likeness (QED) is 0.923. The summed E-state index contributed by atoms with van der Waals surface area (Å²) in [5, 5.41) is 0. The van der Waals surface area contributed by atoms with Gasteiger partial charge < -0.3 is 5.73 Å². The van der Waals surface area contributed by atoms with E-state index in [1.165, 1.54) is 0 Å². The Morgan fingerprint density at radius 3 is 2.26 bits per heavy atom. The minimum Gasteiger partial charge on any atom is -0.324 e. The predicted octanol–water partition coefficient (Wildman–Crippen LogP) is 2.13. The van der Waals surface area contributed by atoms with Crippen LogP contribution in [0.15, 0.2) is 29.2 Å². The highest BCUT2D eigenvalue weighted by Crippen LogP contribution is 2.32. The molecule has 1 atom stereocenters. The summed E-state index contributed by atoms with van der Waals surface area (Å²) < 4.78 is 26.6. The van der Waals surface area contributed by atoms with E-state index in [0.717, 1.165) is 12.0 Å². The van der Waals surface area contributed by atoms with Gasteiger partial charge in [0.05, 0.1) is 4.90 Å². The fourth-order valence-corrected chi connectivity index (χ4v) is 3.99. The van der Waals surface area contributed by atoms with Crippen LogP contribution in [0.4, 0.5) is 0 Å². The molecule has 106 valence electrons. The van der Waals surface area contributed by atoms with Crippen LogP contribution in [0, 0.1) is 5.41 Å². The summed E-state index contributed by atoms with van der Waals surface area (Å²) in [4.78, 5) is 0.356. The number of hydrogen-bond acceptors (Lipinski definition) is 3. The highest BCUT2D eigenvalue weighted by molar-refractivity contribution is 7.89. The van der Waals surface area contributed by atoms with Gasteiger partial charge in [-0.05, 0) is 36.5 Å². The molecule has 5 heteroatoms. The summed E-state index contributed by atoms with van der Waals surface area (Å²) in [6.07, 6.45) is 0.907. The molecule has 1 heterocycles. The lowest BCUT2D eigenvalue weighted by Gasteiger charge is -2.20. The Hall–Kier alpha value is -0.910. The number of benzene rings is 1. The lowest BCUT2D eigenvalue weighted by Crippen LogP contribution is -2.30. The monoisotopic (exact) mass is 282 g/mol. The third-order valence-corrected chi connectivity index (χ3v) is 5.55. The summed E-state index contributed by atoms with van der Waals surface area (Å²) in [6, 6.07) is 6.80. The highest BCUT2D eigenvalue weighted by atomic mass is 32.2. The van der Waals surface area contributed by atoms with Crippen LogP contribution in [0.2, 0.25) is 0 Å². The minimum atomic E-state index is -3.36. The second kappa shape index (κ2) is 4.89. The van der Waals surface area contributed by atoms with Gasteiger partial charge in [-0.2, -0.15) is 4.31 Å². The van der Waals surface area contributed by atoms with Gasteiger partial charge in [-0.15, -0.1) is 0 Å². The van der Waals surface area contributed by atoms with Gasteiger partial charge in [-0.1, -0.05) is 26.0 Å². The van der Waals surface area contributed by atoms with Crippen molar-refractivity contribution in [2.75, 3.05) is 13.1 Å². The van der Waals surface area contributed by atoms with E-state index in [2.05, 4.69) is 13.8 Å². The fourth-order valence-electron chi connectivity index (χ4n) is 2.36. The van der Waals surface area contributed by atoms with E-state index in [1.807, 2.05) is 6.92 Å². The van der Waals surface area contributed by atoms with Gasteiger partial charge in [0.25, 0.3) is 0 Å². The third-order valence-electron chi connectivity index (χ3n) is 3.69. The molecule has 0 aromatic heterocycles. The summed E-state index contributed by atoms with van der Waals surface area (Å²) in [5.41, 5.74) is 6.78. The molecule has 1 fully saturated rings. The summed E-state index contributed by atoms with van der Waals surface area (Å²) in [7, 11) is -3.36. The van der Waals surface area contributed by atoms with Gasteiger partial charge in [0.2, 0.25) is 10.0 Å². The Bertz CT molecular complexity index is 547. The molecule has 1 saturated heterocycles. The lowest BCUT2D eigenvalue weighted by atomic mass is 9.93. The molecule has 1 aromatic carbocycles. The molecule has 0 radical (unpaired) electrons. The van der Waals surface area contributed by atoms with E-state index in [-0.39, 0.29) is 11.5 Å². The van der Waals surface area contributed by atoms with Gasteiger partial charge >= 0.3 is 0 Å². The molecular formula is C14H22N2O2S. The van der Waals surface area contributed by atoms with Gasteiger partial charge in [0.1, 0.15) is 0 Å². The maximum atomic E-state index is 12.5. The average Bonchev–Trinajstić information content (AvgIpc) is 2.70. The number of hydrogen-bond donors (Lipinski definition) is 1. The van der Waals surface area contributed by atoms with Gasteiger partial charge in [-0.25, -0.2) is 8.42 Å². The molecule has 0 aliphatic carbocycles. The smallest absolute Gasteiger partial charge is 0.243 e. The molecule has 1 unspecified atom stereocenters.